The number of halogens is 1. The van der Waals surface area contributed by atoms with Crippen LogP contribution in [-0.4, -0.2) is 22.9 Å². The molecule has 0 fully saturated rings. The van der Waals surface area contributed by atoms with Crippen molar-refractivity contribution in [2.75, 3.05) is 6.54 Å². The van der Waals surface area contributed by atoms with Gasteiger partial charge in [-0.15, -0.1) is 0 Å². The fraction of sp³-hybridized carbons (Fsp3) is 0.800. The van der Waals surface area contributed by atoms with Crippen LogP contribution in [0.25, 0.3) is 0 Å². The molecule has 0 aromatic rings. The molecular formula is C5H11ClN2O. The van der Waals surface area contributed by atoms with Gasteiger partial charge in [-0.1, -0.05) is 0 Å². The molecule has 0 aliphatic heterocycles. The van der Waals surface area contributed by atoms with Gasteiger partial charge < -0.3 is 5.73 Å². The first kappa shape index (κ1) is 8.72. The van der Waals surface area contributed by atoms with Crippen LogP contribution in [0.2, 0.25) is 0 Å². The van der Waals surface area contributed by atoms with Crippen LogP contribution < -0.4 is 5.73 Å². The van der Waals surface area contributed by atoms with Gasteiger partial charge in [0.15, 0.2) is 0 Å². The van der Waals surface area contributed by atoms with Crippen LogP contribution in [0, 0.1) is 0 Å². The van der Waals surface area contributed by atoms with Gasteiger partial charge in [0.05, 0.1) is 6.54 Å². The predicted octanol–water partition coefficient (Wildman–Crippen LogP) is 0.336. The van der Waals surface area contributed by atoms with E-state index >= 15 is 0 Å². The molecule has 0 heterocycles. The first-order valence-electron chi connectivity index (χ1n) is 2.62. The molecule has 0 aliphatic carbocycles. The molecule has 0 saturated heterocycles. The van der Waals surface area contributed by atoms with E-state index in [1.807, 2.05) is 0 Å². The zero-order valence-electron chi connectivity index (χ0n) is 5.60. The number of nitrogens with two attached hydrogens (primary N) is 1. The summed E-state index contributed by atoms with van der Waals surface area (Å²) in [5.41, 5.74) is 5.11. The van der Waals surface area contributed by atoms with Crippen molar-refractivity contribution in [3.63, 3.8) is 0 Å². The van der Waals surface area contributed by atoms with Gasteiger partial charge in [0.2, 0.25) is 6.41 Å². The van der Waals surface area contributed by atoms with Crippen LogP contribution in [0.4, 0.5) is 0 Å². The molecule has 0 rings (SSSR count). The summed E-state index contributed by atoms with van der Waals surface area (Å²) in [5.74, 6) is 0. The molecule has 0 unspecified atom stereocenters. The topological polar surface area (TPSA) is 46.3 Å². The number of hydrogen-bond acceptors (Lipinski definition) is 2. The number of hydrogen-bond donors (Lipinski definition) is 1. The minimum Gasteiger partial charge on any atom is -0.324 e. The maximum absolute atomic E-state index is 9.92. The van der Waals surface area contributed by atoms with Crippen molar-refractivity contribution in [3.8, 4) is 0 Å². The Morgan fingerprint density at radius 2 is 2.22 bits per heavy atom. The smallest absolute Gasteiger partial charge is 0.224 e. The molecule has 54 valence electrons. The van der Waals surface area contributed by atoms with Crippen molar-refractivity contribution in [1.82, 2.24) is 4.42 Å². The monoisotopic (exact) mass is 150 g/mol. The normalized spacial score (nSPS) is 11.1. The maximum atomic E-state index is 9.92. The van der Waals surface area contributed by atoms with Crippen LogP contribution >= 0.6 is 11.8 Å². The molecule has 0 atom stereocenters. The Bertz CT molecular complexity index is 99.6. The molecule has 0 spiro atoms. The summed E-state index contributed by atoms with van der Waals surface area (Å²) in [6, 6.07) is 0. The fourth-order valence-corrected chi connectivity index (χ4v) is 0.735. The van der Waals surface area contributed by atoms with Gasteiger partial charge in [-0.2, -0.15) is 0 Å². The van der Waals surface area contributed by atoms with Gasteiger partial charge in [-0.05, 0) is 13.8 Å². The lowest BCUT2D eigenvalue weighted by atomic mass is 10.1. The summed E-state index contributed by atoms with van der Waals surface area (Å²) in [7, 11) is 0. The highest BCUT2D eigenvalue weighted by atomic mass is 35.5. The SMILES string of the molecule is CC(C)(N)CN(Cl)C=O. The van der Waals surface area contributed by atoms with Gasteiger partial charge in [0, 0.05) is 17.3 Å². The molecule has 0 aromatic carbocycles. The van der Waals surface area contributed by atoms with E-state index in [1.54, 1.807) is 13.8 Å². The van der Waals surface area contributed by atoms with E-state index in [0.29, 0.717) is 13.0 Å². The van der Waals surface area contributed by atoms with E-state index in [4.69, 9.17) is 17.5 Å². The third-order valence-electron chi connectivity index (χ3n) is 0.673. The van der Waals surface area contributed by atoms with Crippen LogP contribution in [-0.2, 0) is 4.79 Å². The van der Waals surface area contributed by atoms with E-state index in [0.717, 1.165) is 4.42 Å². The number of amides is 1. The number of nitrogens with zero attached hydrogens (tertiary/aromatic N) is 1. The second kappa shape index (κ2) is 3.03. The third-order valence-corrected chi connectivity index (χ3v) is 0.872. The lowest BCUT2D eigenvalue weighted by Crippen LogP contribution is -2.41. The summed E-state index contributed by atoms with van der Waals surface area (Å²) >= 11 is 5.34. The van der Waals surface area contributed by atoms with Gasteiger partial charge in [-0.25, -0.2) is 0 Å². The Morgan fingerprint density at radius 1 is 1.78 bits per heavy atom. The van der Waals surface area contributed by atoms with Crippen LogP contribution in [0.15, 0.2) is 0 Å². The Labute approximate surface area is 59.9 Å². The highest BCUT2D eigenvalue weighted by Gasteiger charge is 2.13. The zero-order valence-corrected chi connectivity index (χ0v) is 6.35. The van der Waals surface area contributed by atoms with E-state index in [9.17, 15) is 4.79 Å². The molecule has 2 N–H and O–H groups in total. The molecule has 0 bridgehead atoms. The Kier molecular flexibility index (Phi) is 2.94. The molecule has 4 heteroatoms. The molecule has 3 nitrogen and oxygen atoms in total. The number of carbonyl (C=O) groups excluding carboxylic acids is 1. The second-order valence-corrected chi connectivity index (χ2v) is 3.09. The highest BCUT2D eigenvalue weighted by Crippen LogP contribution is 2.00. The van der Waals surface area contributed by atoms with Crippen LogP contribution in [0.3, 0.4) is 0 Å². The summed E-state index contributed by atoms with van der Waals surface area (Å²) in [6.07, 6.45) is 0.538. The molecule has 9 heavy (non-hydrogen) atoms. The predicted molar refractivity (Wildman–Crippen MR) is 36.9 cm³/mol. The maximum Gasteiger partial charge on any atom is 0.224 e. The van der Waals surface area contributed by atoms with E-state index in [-0.39, 0.29) is 0 Å². The first-order valence-corrected chi connectivity index (χ1v) is 2.96. The standard InChI is InChI=1S/C5H11ClN2O/c1-5(2,7)3-8(6)4-9/h4H,3,7H2,1-2H3. The average Bonchev–Trinajstić information content (AvgIpc) is 1.62. The second-order valence-electron chi connectivity index (χ2n) is 2.65. The summed E-state index contributed by atoms with van der Waals surface area (Å²) in [5, 5.41) is 0. The lowest BCUT2D eigenvalue weighted by molar-refractivity contribution is -0.114. The minimum absolute atomic E-state index is 0.359. The quantitative estimate of drug-likeness (QED) is 0.466. The van der Waals surface area contributed by atoms with Crippen molar-refractivity contribution in [2.45, 2.75) is 19.4 Å². The average molecular weight is 151 g/mol. The number of carbonyl (C=O) groups is 1. The molecule has 0 aromatic heterocycles. The largest absolute Gasteiger partial charge is 0.324 e. The van der Waals surface area contributed by atoms with Crippen LogP contribution in [0.5, 0.6) is 0 Å². The highest BCUT2D eigenvalue weighted by molar-refractivity contribution is 6.18. The van der Waals surface area contributed by atoms with E-state index in [1.165, 1.54) is 0 Å². The van der Waals surface area contributed by atoms with Gasteiger partial charge in [-0.3, -0.25) is 9.21 Å². The van der Waals surface area contributed by atoms with Crippen molar-refractivity contribution in [1.29, 1.82) is 0 Å². The van der Waals surface area contributed by atoms with Crippen molar-refractivity contribution in [3.05, 3.63) is 0 Å². The van der Waals surface area contributed by atoms with E-state index in [2.05, 4.69) is 0 Å². The molecule has 0 radical (unpaired) electrons. The van der Waals surface area contributed by atoms with Gasteiger partial charge in [0.25, 0.3) is 0 Å². The molecule has 0 aliphatic rings. The summed E-state index contributed by atoms with van der Waals surface area (Å²) in [4.78, 5) is 9.92. The third kappa shape index (κ3) is 5.59. The summed E-state index contributed by atoms with van der Waals surface area (Å²) < 4.78 is 1.00. The van der Waals surface area contributed by atoms with Crippen molar-refractivity contribution < 1.29 is 4.79 Å². The van der Waals surface area contributed by atoms with Gasteiger partial charge in [0.1, 0.15) is 0 Å². The Hall–Kier alpha value is -0.280. The first-order chi connectivity index (χ1) is 3.95. The zero-order chi connectivity index (χ0) is 7.49. The molecular weight excluding hydrogens is 140 g/mol. The van der Waals surface area contributed by atoms with Crippen molar-refractivity contribution in [2.24, 2.45) is 5.73 Å². The van der Waals surface area contributed by atoms with Gasteiger partial charge >= 0.3 is 0 Å². The minimum atomic E-state index is -0.414. The Balaban J connectivity index is 3.59. The molecule has 0 saturated carbocycles. The Morgan fingerprint density at radius 3 is 2.33 bits per heavy atom. The molecule has 1 amide bonds. The lowest BCUT2D eigenvalue weighted by Gasteiger charge is -2.20. The van der Waals surface area contributed by atoms with E-state index < -0.39 is 5.54 Å². The number of rotatable bonds is 3. The van der Waals surface area contributed by atoms with Crippen LogP contribution in [0.1, 0.15) is 13.8 Å². The van der Waals surface area contributed by atoms with Crippen molar-refractivity contribution >= 4 is 18.2 Å². The summed E-state index contributed by atoms with van der Waals surface area (Å²) in [6.45, 7) is 3.95. The fourth-order valence-electron chi connectivity index (χ4n) is 0.427.